The molecule has 0 heterocycles. The van der Waals surface area contributed by atoms with Crippen LogP contribution in [0.15, 0.2) is 54.6 Å². The van der Waals surface area contributed by atoms with E-state index >= 15 is 0 Å². The molecule has 2 rings (SSSR count). The predicted octanol–water partition coefficient (Wildman–Crippen LogP) is 3.53. The van der Waals surface area contributed by atoms with Crippen LogP contribution < -0.4 is 5.32 Å². The standard InChI is InChI=1S/C17H18NO/c1-13-9-11-14(12-10-13)16(19)18-17(2,3)15-7-5-4-6-8-15/h4-12H,1H2,2-3H3,(H,18,19). The van der Waals surface area contributed by atoms with Gasteiger partial charge in [-0.2, -0.15) is 0 Å². The molecule has 2 aromatic carbocycles. The molecule has 0 atom stereocenters. The molecule has 1 radical (unpaired) electrons. The summed E-state index contributed by atoms with van der Waals surface area (Å²) in [5.74, 6) is -0.0751. The summed E-state index contributed by atoms with van der Waals surface area (Å²) in [4.78, 5) is 12.2. The van der Waals surface area contributed by atoms with Crippen LogP contribution >= 0.6 is 0 Å². The fraction of sp³-hybridized carbons (Fsp3) is 0.176. The molecule has 2 heteroatoms. The topological polar surface area (TPSA) is 29.1 Å². The van der Waals surface area contributed by atoms with Crippen molar-refractivity contribution in [1.29, 1.82) is 0 Å². The molecule has 0 fully saturated rings. The first-order chi connectivity index (χ1) is 8.99. The summed E-state index contributed by atoms with van der Waals surface area (Å²) in [5.41, 5.74) is 2.23. The Morgan fingerprint density at radius 1 is 1.00 bits per heavy atom. The molecular weight excluding hydrogens is 234 g/mol. The van der Waals surface area contributed by atoms with Gasteiger partial charge in [0.2, 0.25) is 0 Å². The number of hydrogen-bond acceptors (Lipinski definition) is 1. The van der Waals surface area contributed by atoms with Gasteiger partial charge < -0.3 is 5.32 Å². The molecule has 1 amide bonds. The van der Waals surface area contributed by atoms with Crippen LogP contribution in [0.25, 0.3) is 0 Å². The van der Waals surface area contributed by atoms with Crippen LogP contribution in [-0.4, -0.2) is 5.91 Å². The largest absolute Gasteiger partial charge is 0.343 e. The van der Waals surface area contributed by atoms with Gasteiger partial charge in [-0.1, -0.05) is 42.5 Å². The Morgan fingerprint density at radius 2 is 1.58 bits per heavy atom. The zero-order valence-corrected chi connectivity index (χ0v) is 11.3. The highest BCUT2D eigenvalue weighted by atomic mass is 16.1. The minimum absolute atomic E-state index is 0.0751. The van der Waals surface area contributed by atoms with E-state index < -0.39 is 5.54 Å². The number of carbonyl (C=O) groups is 1. The second-order valence-corrected chi connectivity index (χ2v) is 5.14. The van der Waals surface area contributed by atoms with Gasteiger partial charge in [0, 0.05) is 5.56 Å². The van der Waals surface area contributed by atoms with Gasteiger partial charge in [-0.15, -0.1) is 0 Å². The molecule has 1 N–H and O–H groups in total. The average molecular weight is 252 g/mol. The Hall–Kier alpha value is -2.09. The lowest BCUT2D eigenvalue weighted by Crippen LogP contribution is -2.40. The summed E-state index contributed by atoms with van der Waals surface area (Å²) in [6.07, 6.45) is 0. The van der Waals surface area contributed by atoms with Crippen molar-refractivity contribution in [2.45, 2.75) is 19.4 Å². The Morgan fingerprint density at radius 3 is 2.16 bits per heavy atom. The molecule has 0 spiro atoms. The number of benzene rings is 2. The van der Waals surface area contributed by atoms with Gasteiger partial charge in [-0.3, -0.25) is 4.79 Å². The second-order valence-electron chi connectivity index (χ2n) is 5.14. The molecule has 0 unspecified atom stereocenters. The SMILES string of the molecule is [CH2]c1ccc(C(=O)NC(C)(C)c2ccccc2)cc1. The number of carbonyl (C=O) groups excluding carboxylic acids is 1. The molecule has 19 heavy (non-hydrogen) atoms. The van der Waals surface area contributed by atoms with E-state index in [0.717, 1.165) is 11.1 Å². The van der Waals surface area contributed by atoms with Crippen molar-refractivity contribution in [2.75, 3.05) is 0 Å². The minimum atomic E-state index is -0.401. The maximum absolute atomic E-state index is 12.2. The Balaban J connectivity index is 2.16. The van der Waals surface area contributed by atoms with Gasteiger partial charge in [0.25, 0.3) is 5.91 Å². The van der Waals surface area contributed by atoms with Crippen LogP contribution in [0.5, 0.6) is 0 Å². The normalized spacial score (nSPS) is 11.1. The van der Waals surface area contributed by atoms with E-state index in [1.54, 1.807) is 12.1 Å². The third-order valence-corrected chi connectivity index (χ3v) is 3.14. The highest BCUT2D eigenvalue weighted by Crippen LogP contribution is 2.20. The first-order valence-electron chi connectivity index (χ1n) is 6.29. The van der Waals surface area contributed by atoms with Crippen molar-refractivity contribution in [3.05, 3.63) is 78.2 Å². The highest BCUT2D eigenvalue weighted by molar-refractivity contribution is 5.94. The van der Waals surface area contributed by atoms with Gasteiger partial charge >= 0.3 is 0 Å². The van der Waals surface area contributed by atoms with Crippen molar-refractivity contribution in [3.63, 3.8) is 0 Å². The summed E-state index contributed by atoms with van der Waals surface area (Å²) in [6, 6.07) is 17.2. The summed E-state index contributed by atoms with van der Waals surface area (Å²) in [5, 5.41) is 3.05. The average Bonchev–Trinajstić information content (AvgIpc) is 2.40. The maximum atomic E-state index is 12.2. The van der Waals surface area contributed by atoms with Crippen LogP contribution in [0.4, 0.5) is 0 Å². The fourth-order valence-corrected chi connectivity index (χ4v) is 1.94. The molecule has 2 nitrogen and oxygen atoms in total. The quantitative estimate of drug-likeness (QED) is 0.889. The smallest absolute Gasteiger partial charge is 0.251 e. The van der Waals surface area contributed by atoms with Gasteiger partial charge in [0.05, 0.1) is 5.54 Å². The van der Waals surface area contributed by atoms with E-state index in [-0.39, 0.29) is 5.91 Å². The predicted molar refractivity (Wildman–Crippen MR) is 77.8 cm³/mol. The number of rotatable bonds is 3. The van der Waals surface area contributed by atoms with Crippen LogP contribution in [0, 0.1) is 6.92 Å². The Labute approximate surface area is 114 Å². The molecule has 97 valence electrons. The van der Waals surface area contributed by atoms with Crippen LogP contribution in [0.3, 0.4) is 0 Å². The van der Waals surface area contributed by atoms with Crippen molar-refractivity contribution >= 4 is 5.91 Å². The van der Waals surface area contributed by atoms with E-state index in [1.807, 2.05) is 56.3 Å². The second kappa shape index (κ2) is 5.27. The number of hydrogen-bond donors (Lipinski definition) is 1. The summed E-state index contributed by atoms with van der Waals surface area (Å²) >= 11 is 0. The lowest BCUT2D eigenvalue weighted by atomic mass is 9.94. The van der Waals surface area contributed by atoms with Crippen LogP contribution in [0.2, 0.25) is 0 Å². The molecule has 0 saturated heterocycles. The molecule has 0 aliphatic carbocycles. The summed E-state index contributed by atoms with van der Waals surface area (Å²) in [6.45, 7) is 7.80. The van der Waals surface area contributed by atoms with E-state index in [4.69, 9.17) is 0 Å². The van der Waals surface area contributed by atoms with Crippen molar-refractivity contribution < 1.29 is 4.79 Å². The van der Waals surface area contributed by atoms with E-state index in [0.29, 0.717) is 5.56 Å². The molecule has 0 aliphatic heterocycles. The minimum Gasteiger partial charge on any atom is -0.343 e. The molecule has 0 aromatic heterocycles. The van der Waals surface area contributed by atoms with Gasteiger partial charge in [0.1, 0.15) is 0 Å². The first kappa shape index (κ1) is 13.3. The fourth-order valence-electron chi connectivity index (χ4n) is 1.94. The number of nitrogens with one attached hydrogen (secondary N) is 1. The van der Waals surface area contributed by atoms with E-state index in [9.17, 15) is 4.79 Å². The van der Waals surface area contributed by atoms with Gasteiger partial charge in [-0.25, -0.2) is 0 Å². The lowest BCUT2D eigenvalue weighted by Gasteiger charge is -2.27. The Bertz CT molecular complexity index is 556. The monoisotopic (exact) mass is 252 g/mol. The van der Waals surface area contributed by atoms with Crippen LogP contribution in [-0.2, 0) is 5.54 Å². The van der Waals surface area contributed by atoms with E-state index in [2.05, 4.69) is 12.2 Å². The molecule has 0 aliphatic rings. The van der Waals surface area contributed by atoms with Gasteiger partial charge in [-0.05, 0) is 44.0 Å². The van der Waals surface area contributed by atoms with Crippen molar-refractivity contribution in [3.8, 4) is 0 Å². The lowest BCUT2D eigenvalue weighted by molar-refractivity contribution is 0.0912. The zero-order chi connectivity index (χ0) is 13.9. The highest BCUT2D eigenvalue weighted by Gasteiger charge is 2.22. The van der Waals surface area contributed by atoms with Crippen molar-refractivity contribution in [2.24, 2.45) is 0 Å². The Kier molecular flexibility index (Phi) is 3.70. The summed E-state index contributed by atoms with van der Waals surface area (Å²) in [7, 11) is 0. The van der Waals surface area contributed by atoms with Crippen molar-refractivity contribution in [1.82, 2.24) is 5.32 Å². The summed E-state index contributed by atoms with van der Waals surface area (Å²) < 4.78 is 0. The third kappa shape index (κ3) is 3.22. The van der Waals surface area contributed by atoms with Gasteiger partial charge in [0.15, 0.2) is 0 Å². The molecule has 2 aromatic rings. The zero-order valence-electron chi connectivity index (χ0n) is 11.3. The third-order valence-electron chi connectivity index (χ3n) is 3.14. The van der Waals surface area contributed by atoms with E-state index in [1.165, 1.54) is 0 Å². The molecule has 0 saturated carbocycles. The molecular formula is C17H18NO. The molecule has 0 bridgehead atoms. The first-order valence-corrected chi connectivity index (χ1v) is 6.29. The number of amides is 1. The van der Waals surface area contributed by atoms with Crippen LogP contribution in [0.1, 0.15) is 35.3 Å². The maximum Gasteiger partial charge on any atom is 0.251 e.